The number of benzene rings is 2. The Hall–Kier alpha value is -3.68. The predicted octanol–water partition coefficient (Wildman–Crippen LogP) is 6.64. The van der Waals surface area contributed by atoms with Gasteiger partial charge in [0.1, 0.15) is 17.5 Å². The van der Waals surface area contributed by atoms with Crippen molar-refractivity contribution in [3.05, 3.63) is 80.2 Å². The number of rotatable bonds is 10. The van der Waals surface area contributed by atoms with Crippen LogP contribution in [0.15, 0.2) is 48.5 Å². The molecule has 0 aliphatic heterocycles. The van der Waals surface area contributed by atoms with Gasteiger partial charge in [-0.2, -0.15) is 13.2 Å². The van der Waals surface area contributed by atoms with E-state index < -0.39 is 35.0 Å². The Bertz CT molecular complexity index is 1280. The maximum absolute atomic E-state index is 13.5. The van der Waals surface area contributed by atoms with Crippen LogP contribution in [0.5, 0.6) is 5.75 Å². The normalized spacial score (nSPS) is 12.3. The summed E-state index contributed by atoms with van der Waals surface area (Å²) in [4.78, 5) is 23.4. The van der Waals surface area contributed by atoms with Gasteiger partial charge in [0, 0.05) is 37.5 Å². The quantitative estimate of drug-likeness (QED) is 0.132. The molecule has 0 saturated heterocycles. The molecule has 0 unspecified atom stereocenters. The molecule has 3 aromatic rings. The predicted molar refractivity (Wildman–Crippen MR) is 129 cm³/mol. The van der Waals surface area contributed by atoms with Crippen LogP contribution in [0.2, 0.25) is 0 Å². The van der Waals surface area contributed by atoms with E-state index in [1.165, 1.54) is 63.6 Å². The number of nitrogens with one attached hydrogen (secondary N) is 1. The Morgan fingerprint density at radius 2 is 1.76 bits per heavy atom. The molecule has 37 heavy (non-hydrogen) atoms. The van der Waals surface area contributed by atoms with Gasteiger partial charge in [-0.1, -0.05) is 18.2 Å². The van der Waals surface area contributed by atoms with Crippen molar-refractivity contribution < 1.29 is 41.8 Å². The average Bonchev–Trinajstić information content (AvgIpc) is 3.25. The number of halogens is 3. The first-order valence-corrected chi connectivity index (χ1v) is 11.5. The summed E-state index contributed by atoms with van der Waals surface area (Å²) in [6, 6.07) is 10.5. The first-order valence-electron chi connectivity index (χ1n) is 10.7. The Balaban J connectivity index is 2.00. The van der Waals surface area contributed by atoms with E-state index in [1.54, 1.807) is 0 Å². The fourth-order valence-electron chi connectivity index (χ4n) is 3.58. The number of methoxy groups -OCH3 is 3. The molecule has 0 spiro atoms. The van der Waals surface area contributed by atoms with E-state index in [0.29, 0.717) is 5.56 Å². The number of anilines is 2. The van der Waals surface area contributed by atoms with Crippen LogP contribution < -0.4 is 10.1 Å². The van der Waals surface area contributed by atoms with Crippen molar-refractivity contribution in [1.82, 2.24) is 0 Å². The molecule has 0 aliphatic rings. The molecule has 1 aromatic heterocycles. The van der Waals surface area contributed by atoms with Gasteiger partial charge in [0.05, 0.1) is 22.6 Å². The molecular weight excluding hydrogens is 517 g/mol. The first kappa shape index (κ1) is 27.9. The summed E-state index contributed by atoms with van der Waals surface area (Å²) >= 11 is 0.862. The summed E-state index contributed by atoms with van der Waals surface area (Å²) in [5.74, 6) is -0.833. The molecular formula is C24H23F3N2O7S. The second kappa shape index (κ2) is 11.6. The zero-order chi connectivity index (χ0) is 27.3. The number of thiophene rings is 1. The van der Waals surface area contributed by atoms with Crippen LogP contribution in [0.1, 0.15) is 45.7 Å². The molecule has 0 radical (unpaired) electrons. The van der Waals surface area contributed by atoms with Gasteiger partial charge in [-0.3, -0.25) is 10.1 Å². The molecule has 0 saturated carbocycles. The van der Waals surface area contributed by atoms with Crippen molar-refractivity contribution in [3.63, 3.8) is 0 Å². The minimum atomic E-state index is -4.60. The summed E-state index contributed by atoms with van der Waals surface area (Å²) in [6.45, 7) is 1.42. The average molecular weight is 541 g/mol. The molecule has 0 bridgehead atoms. The minimum absolute atomic E-state index is 0.0354. The topological polar surface area (TPSA) is 109 Å². The summed E-state index contributed by atoms with van der Waals surface area (Å²) in [5, 5.41) is 14.7. The Labute approximate surface area is 213 Å². The van der Waals surface area contributed by atoms with E-state index in [2.05, 4.69) is 5.32 Å². The number of carbonyl (C=O) groups is 1. The van der Waals surface area contributed by atoms with Gasteiger partial charge in [-0.05, 0) is 25.1 Å². The summed E-state index contributed by atoms with van der Waals surface area (Å²) in [5.41, 5.74) is -0.704. The van der Waals surface area contributed by atoms with Crippen molar-refractivity contribution in [2.45, 2.75) is 25.5 Å². The van der Waals surface area contributed by atoms with Gasteiger partial charge in [0.25, 0.3) is 5.69 Å². The van der Waals surface area contributed by atoms with E-state index in [9.17, 15) is 28.1 Å². The summed E-state index contributed by atoms with van der Waals surface area (Å²) in [7, 11) is 3.96. The SMILES string of the molecule is COC(=O)c1sc(Nc2cc(C(OC)OC)ccc2[N+](=O)[O-])cc1O[C@H](C)c1ccccc1C(F)(F)F. The number of carbonyl (C=O) groups excluding carboxylic acids is 1. The fourth-order valence-corrected chi connectivity index (χ4v) is 4.50. The number of nitro benzene ring substituents is 1. The smallest absolute Gasteiger partial charge is 0.416 e. The Kier molecular flexibility index (Phi) is 8.73. The zero-order valence-corrected chi connectivity index (χ0v) is 20.9. The van der Waals surface area contributed by atoms with Crippen molar-refractivity contribution in [2.24, 2.45) is 0 Å². The van der Waals surface area contributed by atoms with Crippen LogP contribution >= 0.6 is 11.3 Å². The fraction of sp³-hybridized carbons (Fsp3) is 0.292. The third-order valence-electron chi connectivity index (χ3n) is 5.25. The molecule has 0 aliphatic carbocycles. The molecule has 13 heteroatoms. The van der Waals surface area contributed by atoms with E-state index in [0.717, 1.165) is 24.5 Å². The van der Waals surface area contributed by atoms with E-state index >= 15 is 0 Å². The molecule has 0 fully saturated rings. The minimum Gasteiger partial charge on any atom is -0.484 e. The lowest BCUT2D eigenvalue weighted by Gasteiger charge is -2.19. The number of alkyl halides is 3. The van der Waals surface area contributed by atoms with Gasteiger partial charge in [0.15, 0.2) is 11.2 Å². The maximum atomic E-state index is 13.5. The highest BCUT2D eigenvalue weighted by Gasteiger charge is 2.35. The van der Waals surface area contributed by atoms with E-state index in [-0.39, 0.29) is 32.6 Å². The van der Waals surface area contributed by atoms with Gasteiger partial charge in [-0.25, -0.2) is 4.79 Å². The number of esters is 1. The third kappa shape index (κ3) is 6.37. The van der Waals surface area contributed by atoms with E-state index in [1.807, 2.05) is 0 Å². The van der Waals surface area contributed by atoms with Crippen LogP contribution in [-0.4, -0.2) is 32.2 Å². The summed E-state index contributed by atoms with van der Waals surface area (Å²) in [6.07, 6.45) is -6.48. The molecule has 198 valence electrons. The van der Waals surface area contributed by atoms with Crippen LogP contribution in [0.25, 0.3) is 0 Å². The van der Waals surface area contributed by atoms with Gasteiger partial charge < -0.3 is 24.3 Å². The highest BCUT2D eigenvalue weighted by Crippen LogP contribution is 2.41. The number of nitrogens with zero attached hydrogens (tertiary/aromatic N) is 1. The molecule has 9 nitrogen and oxygen atoms in total. The van der Waals surface area contributed by atoms with Crippen molar-refractivity contribution in [3.8, 4) is 5.75 Å². The van der Waals surface area contributed by atoms with Gasteiger partial charge in [-0.15, -0.1) is 11.3 Å². The van der Waals surface area contributed by atoms with Crippen LogP contribution in [0.3, 0.4) is 0 Å². The van der Waals surface area contributed by atoms with Crippen LogP contribution in [0, 0.1) is 10.1 Å². The van der Waals surface area contributed by atoms with Crippen molar-refractivity contribution in [1.29, 1.82) is 0 Å². The number of hydrogen-bond acceptors (Lipinski definition) is 9. The lowest BCUT2D eigenvalue weighted by molar-refractivity contribution is -0.383. The highest BCUT2D eigenvalue weighted by atomic mass is 32.1. The Morgan fingerprint density at radius 1 is 1.08 bits per heavy atom. The second-order valence-corrected chi connectivity index (χ2v) is 8.65. The maximum Gasteiger partial charge on any atom is 0.416 e. The lowest BCUT2D eigenvalue weighted by atomic mass is 10.0. The number of hydrogen-bond donors (Lipinski definition) is 1. The van der Waals surface area contributed by atoms with Crippen molar-refractivity contribution >= 4 is 33.7 Å². The number of nitro groups is 1. The van der Waals surface area contributed by atoms with Crippen LogP contribution in [0.4, 0.5) is 29.5 Å². The molecule has 0 amide bonds. The third-order valence-corrected chi connectivity index (χ3v) is 6.26. The Morgan fingerprint density at radius 3 is 2.35 bits per heavy atom. The molecule has 1 N–H and O–H groups in total. The molecule has 3 rings (SSSR count). The zero-order valence-electron chi connectivity index (χ0n) is 20.1. The largest absolute Gasteiger partial charge is 0.484 e. The monoisotopic (exact) mass is 540 g/mol. The molecule has 1 heterocycles. The molecule has 1 atom stereocenters. The van der Waals surface area contributed by atoms with Crippen molar-refractivity contribution in [2.75, 3.05) is 26.6 Å². The second-order valence-electron chi connectivity index (χ2n) is 7.60. The standard InChI is InChI=1S/C24H23F3N2O7S/c1-13(15-7-5-6-8-16(15)24(25,26)27)36-19-12-20(37-21(19)22(30)33-2)28-17-11-14(23(34-3)35-4)9-10-18(17)29(31)32/h5-13,23,28H,1-4H3/t13-/m1/s1. The number of ether oxygens (including phenoxy) is 4. The highest BCUT2D eigenvalue weighted by molar-refractivity contribution is 7.18. The van der Waals surface area contributed by atoms with Gasteiger partial charge in [0.2, 0.25) is 0 Å². The summed E-state index contributed by atoms with van der Waals surface area (Å²) < 4.78 is 61.4. The first-order chi connectivity index (χ1) is 17.5. The molecule has 2 aromatic carbocycles. The van der Waals surface area contributed by atoms with Gasteiger partial charge >= 0.3 is 12.1 Å². The van der Waals surface area contributed by atoms with E-state index in [4.69, 9.17) is 18.9 Å². The lowest BCUT2D eigenvalue weighted by Crippen LogP contribution is -2.14. The van der Waals surface area contributed by atoms with Crippen LogP contribution in [-0.2, 0) is 20.4 Å².